The highest BCUT2D eigenvalue weighted by Gasteiger charge is 2.16. The number of methoxy groups -OCH3 is 1. The maximum Gasteiger partial charge on any atom is 0.356 e. The molecule has 6 heteroatoms. The molecular weight excluding hydrogens is 280 g/mol. The van der Waals surface area contributed by atoms with Gasteiger partial charge in [0.1, 0.15) is 5.75 Å². The van der Waals surface area contributed by atoms with Crippen LogP contribution in [0, 0.1) is 0 Å². The molecule has 5 nitrogen and oxygen atoms in total. The number of hydrogen-bond acceptors (Lipinski definition) is 3. The largest absolute Gasteiger partial charge is 0.495 e. The van der Waals surface area contributed by atoms with Crippen LogP contribution in [0.2, 0.25) is 5.02 Å². The smallest absolute Gasteiger partial charge is 0.356 e. The quantitative estimate of drug-likeness (QED) is 0.941. The molecule has 0 aliphatic carbocycles. The van der Waals surface area contributed by atoms with Crippen LogP contribution in [0.15, 0.2) is 18.2 Å². The Kier molecular flexibility index (Phi) is 3.99. The van der Waals surface area contributed by atoms with Crippen molar-refractivity contribution in [1.82, 2.24) is 9.78 Å². The van der Waals surface area contributed by atoms with Crippen molar-refractivity contribution >= 4 is 17.6 Å². The first-order valence-electron chi connectivity index (χ1n) is 6.12. The lowest BCUT2D eigenvalue weighted by atomic mass is 10.0. The van der Waals surface area contributed by atoms with Crippen LogP contribution < -0.4 is 4.74 Å². The summed E-state index contributed by atoms with van der Waals surface area (Å²) in [6, 6.07) is 5.22. The van der Waals surface area contributed by atoms with Gasteiger partial charge in [-0.25, -0.2) is 4.79 Å². The number of nitrogens with zero attached hydrogens (tertiary/aromatic N) is 2. The molecule has 1 N–H and O–H groups in total. The molecule has 20 heavy (non-hydrogen) atoms. The second kappa shape index (κ2) is 5.54. The number of carboxylic acids is 1. The van der Waals surface area contributed by atoms with E-state index in [1.807, 2.05) is 13.0 Å². The first kappa shape index (κ1) is 14.4. The van der Waals surface area contributed by atoms with Crippen molar-refractivity contribution in [3.63, 3.8) is 0 Å². The summed E-state index contributed by atoms with van der Waals surface area (Å²) in [7, 11) is 3.28. The first-order chi connectivity index (χ1) is 9.47. The average Bonchev–Trinajstić information content (AvgIpc) is 2.80. The van der Waals surface area contributed by atoms with Crippen LogP contribution in [0.5, 0.6) is 5.75 Å². The van der Waals surface area contributed by atoms with Crippen LogP contribution in [0.4, 0.5) is 0 Å². The number of aromatic nitrogens is 2. The number of ether oxygens (including phenoxy) is 1. The Balaban J connectivity index is 2.58. The summed E-state index contributed by atoms with van der Waals surface area (Å²) < 4.78 is 6.81. The van der Waals surface area contributed by atoms with Gasteiger partial charge in [-0.05, 0) is 30.2 Å². The molecule has 106 valence electrons. The minimum Gasteiger partial charge on any atom is -0.495 e. The number of carboxylic acid groups (broad SMARTS) is 1. The van der Waals surface area contributed by atoms with Gasteiger partial charge in [-0.1, -0.05) is 18.5 Å². The van der Waals surface area contributed by atoms with Crippen LogP contribution in [0.1, 0.15) is 23.0 Å². The fraction of sp³-hybridized carbons (Fsp3) is 0.286. The Bertz CT molecular complexity index is 665. The summed E-state index contributed by atoms with van der Waals surface area (Å²) in [5, 5.41) is 13.4. The molecule has 0 spiro atoms. The number of aryl methyl sites for hydroxylation is 2. The molecule has 0 radical (unpaired) electrons. The van der Waals surface area contributed by atoms with Gasteiger partial charge in [0.25, 0.3) is 0 Å². The summed E-state index contributed by atoms with van der Waals surface area (Å²) in [5.41, 5.74) is 2.48. The fourth-order valence-corrected chi connectivity index (χ4v) is 2.45. The first-order valence-corrected chi connectivity index (χ1v) is 6.49. The fourth-order valence-electron chi connectivity index (χ4n) is 2.13. The molecule has 2 rings (SSSR count). The van der Waals surface area contributed by atoms with E-state index in [4.69, 9.17) is 21.4 Å². The molecule has 0 aliphatic rings. The van der Waals surface area contributed by atoms with Gasteiger partial charge in [-0.3, -0.25) is 4.68 Å². The second-order valence-corrected chi connectivity index (χ2v) is 4.75. The monoisotopic (exact) mass is 294 g/mol. The molecule has 0 aliphatic heterocycles. The zero-order valence-corrected chi connectivity index (χ0v) is 12.2. The van der Waals surface area contributed by atoms with Crippen LogP contribution in [0.25, 0.3) is 11.3 Å². The van der Waals surface area contributed by atoms with E-state index >= 15 is 0 Å². The van der Waals surface area contributed by atoms with Gasteiger partial charge < -0.3 is 9.84 Å². The van der Waals surface area contributed by atoms with Crippen LogP contribution in [-0.4, -0.2) is 28.0 Å². The van der Waals surface area contributed by atoms with Crippen molar-refractivity contribution in [3.8, 4) is 17.0 Å². The number of rotatable bonds is 4. The van der Waals surface area contributed by atoms with Gasteiger partial charge in [-0.2, -0.15) is 5.10 Å². The van der Waals surface area contributed by atoms with E-state index in [9.17, 15) is 4.79 Å². The normalized spacial score (nSPS) is 10.6. The standard InChI is InChI=1S/C14H15ClN2O3/c1-4-8-5-9(6-10(15)13(8)20-3)12-7-11(14(18)19)16-17(12)2/h5-7H,4H2,1-3H3,(H,18,19). The Morgan fingerprint density at radius 3 is 2.65 bits per heavy atom. The SMILES string of the molecule is CCc1cc(-c2cc(C(=O)O)nn2C)cc(Cl)c1OC. The molecule has 1 aromatic carbocycles. The van der Waals surface area contributed by atoms with Crippen molar-refractivity contribution in [2.45, 2.75) is 13.3 Å². The van der Waals surface area contributed by atoms with Crippen molar-refractivity contribution in [2.24, 2.45) is 7.05 Å². The average molecular weight is 295 g/mol. The van der Waals surface area contributed by atoms with Gasteiger partial charge in [-0.15, -0.1) is 0 Å². The third-order valence-corrected chi connectivity index (χ3v) is 3.38. The van der Waals surface area contributed by atoms with Gasteiger partial charge >= 0.3 is 5.97 Å². The van der Waals surface area contributed by atoms with Crippen molar-refractivity contribution < 1.29 is 14.6 Å². The third-order valence-electron chi connectivity index (χ3n) is 3.10. The zero-order valence-electron chi connectivity index (χ0n) is 11.5. The Morgan fingerprint density at radius 2 is 2.15 bits per heavy atom. The summed E-state index contributed by atoms with van der Waals surface area (Å²) in [4.78, 5) is 11.0. The van der Waals surface area contributed by atoms with E-state index in [0.29, 0.717) is 16.5 Å². The lowest BCUT2D eigenvalue weighted by molar-refractivity contribution is 0.0689. The highest BCUT2D eigenvalue weighted by atomic mass is 35.5. The topological polar surface area (TPSA) is 64.3 Å². The summed E-state index contributed by atoms with van der Waals surface area (Å²) >= 11 is 6.21. The van der Waals surface area contributed by atoms with Gasteiger partial charge in [0.2, 0.25) is 0 Å². The molecule has 0 bridgehead atoms. The number of benzene rings is 1. The second-order valence-electron chi connectivity index (χ2n) is 4.35. The van der Waals surface area contributed by atoms with Crippen molar-refractivity contribution in [2.75, 3.05) is 7.11 Å². The van der Waals surface area contributed by atoms with E-state index in [2.05, 4.69) is 5.10 Å². The molecule has 0 amide bonds. The lowest BCUT2D eigenvalue weighted by Crippen LogP contribution is -1.99. The molecular formula is C14H15ClN2O3. The number of hydrogen-bond donors (Lipinski definition) is 1. The van der Waals surface area contributed by atoms with E-state index in [1.165, 1.54) is 10.7 Å². The minimum absolute atomic E-state index is 0.00693. The van der Waals surface area contributed by atoms with E-state index < -0.39 is 5.97 Å². The Morgan fingerprint density at radius 1 is 1.45 bits per heavy atom. The zero-order chi connectivity index (χ0) is 14.9. The number of aromatic carboxylic acids is 1. The predicted octanol–water partition coefficient (Wildman–Crippen LogP) is 3.01. The molecule has 0 unspecified atom stereocenters. The van der Waals surface area contributed by atoms with Crippen LogP contribution in [0.3, 0.4) is 0 Å². The summed E-state index contributed by atoms with van der Waals surface area (Å²) in [6.07, 6.45) is 0.764. The Labute approximate surface area is 121 Å². The Hall–Kier alpha value is -2.01. The van der Waals surface area contributed by atoms with E-state index in [-0.39, 0.29) is 5.69 Å². The number of halogens is 1. The third kappa shape index (κ3) is 2.49. The molecule has 0 atom stereocenters. The summed E-state index contributed by atoms with van der Waals surface area (Å²) in [5.74, 6) is -0.402. The van der Waals surface area contributed by atoms with E-state index in [0.717, 1.165) is 17.5 Å². The van der Waals surface area contributed by atoms with Crippen LogP contribution >= 0.6 is 11.6 Å². The predicted molar refractivity (Wildman–Crippen MR) is 76.5 cm³/mol. The van der Waals surface area contributed by atoms with Crippen molar-refractivity contribution in [1.29, 1.82) is 0 Å². The number of carbonyl (C=O) groups is 1. The van der Waals surface area contributed by atoms with Gasteiger partial charge in [0.15, 0.2) is 5.69 Å². The molecule has 2 aromatic rings. The van der Waals surface area contributed by atoms with Crippen LogP contribution in [-0.2, 0) is 13.5 Å². The summed E-state index contributed by atoms with van der Waals surface area (Å²) in [6.45, 7) is 2.00. The highest BCUT2D eigenvalue weighted by molar-refractivity contribution is 6.32. The maximum atomic E-state index is 11.0. The molecule has 0 saturated carbocycles. The highest BCUT2D eigenvalue weighted by Crippen LogP contribution is 2.34. The van der Waals surface area contributed by atoms with E-state index in [1.54, 1.807) is 20.2 Å². The van der Waals surface area contributed by atoms with Crippen molar-refractivity contribution in [3.05, 3.63) is 34.5 Å². The molecule has 0 saturated heterocycles. The molecule has 0 fully saturated rings. The van der Waals surface area contributed by atoms with Gasteiger partial charge in [0, 0.05) is 12.6 Å². The minimum atomic E-state index is -1.05. The maximum absolute atomic E-state index is 11.0. The molecule has 1 heterocycles. The molecule has 1 aromatic heterocycles. The van der Waals surface area contributed by atoms with Gasteiger partial charge in [0.05, 0.1) is 17.8 Å². The lowest BCUT2D eigenvalue weighted by Gasteiger charge is -2.11.